The van der Waals surface area contributed by atoms with Crippen molar-refractivity contribution in [2.75, 3.05) is 25.4 Å². The van der Waals surface area contributed by atoms with Crippen LogP contribution in [0.3, 0.4) is 0 Å². The third kappa shape index (κ3) is 8.44. The van der Waals surface area contributed by atoms with E-state index in [0.29, 0.717) is 12.1 Å². The number of carboxylic acids is 1. The van der Waals surface area contributed by atoms with E-state index >= 15 is 0 Å². The highest BCUT2D eigenvalue weighted by Crippen LogP contribution is 2.38. The number of carbonyl (C=O) groups excluding carboxylic acids is 2. The molecule has 17 nitrogen and oxygen atoms in total. The van der Waals surface area contributed by atoms with E-state index < -0.39 is 80.5 Å². The molecule has 1 aromatic carbocycles. The number of halogens is 3. The molecule has 2 aromatic rings. The maximum absolute atomic E-state index is 13.8. The molecule has 3 heterocycles. The molecule has 2 saturated heterocycles. The van der Waals surface area contributed by atoms with Crippen LogP contribution < -0.4 is 26.4 Å². The summed E-state index contributed by atoms with van der Waals surface area (Å²) in [5.41, 5.74) is 3.59. The summed E-state index contributed by atoms with van der Waals surface area (Å²) < 4.78 is 78.7. The Bertz CT molecular complexity index is 1660. The van der Waals surface area contributed by atoms with E-state index in [4.69, 9.17) is 25.3 Å². The minimum atomic E-state index is -5.10. The number of anilines is 1. The Morgan fingerprint density at radius 2 is 1.98 bits per heavy atom. The Labute approximate surface area is 268 Å². The number of ether oxygens (including phenoxy) is 1. The molecule has 47 heavy (non-hydrogen) atoms. The van der Waals surface area contributed by atoms with Crippen molar-refractivity contribution < 1.29 is 55.2 Å². The van der Waals surface area contributed by atoms with Gasteiger partial charge in [-0.15, -0.1) is 0 Å². The fourth-order valence-electron chi connectivity index (χ4n) is 4.61. The second-order valence-electron chi connectivity index (χ2n) is 10.3. The van der Waals surface area contributed by atoms with Crippen molar-refractivity contribution in [3.05, 3.63) is 40.4 Å². The zero-order valence-corrected chi connectivity index (χ0v) is 25.9. The average molecular weight is 707 g/mol. The van der Waals surface area contributed by atoms with Crippen LogP contribution in [0.15, 0.2) is 29.4 Å². The number of rotatable bonds is 12. The number of piperidine rings is 1. The van der Waals surface area contributed by atoms with Gasteiger partial charge in [-0.2, -0.15) is 21.6 Å². The maximum Gasteiger partial charge on any atom is 0.427 e. The molecule has 0 bridgehead atoms. The van der Waals surface area contributed by atoms with E-state index in [2.05, 4.69) is 20.8 Å². The number of carbonyl (C=O) groups is 3. The molecule has 0 saturated carbocycles. The summed E-state index contributed by atoms with van der Waals surface area (Å²) in [5.74, 6) is -4.20. The Morgan fingerprint density at radius 3 is 2.53 bits per heavy atom. The first-order chi connectivity index (χ1) is 22.0. The van der Waals surface area contributed by atoms with E-state index in [-0.39, 0.29) is 33.3 Å². The number of aromatic nitrogens is 1. The lowest BCUT2D eigenvalue weighted by atomic mass is 10.0. The third-order valence-electron chi connectivity index (χ3n) is 6.95. The first kappa shape index (κ1) is 35.3. The lowest BCUT2D eigenvalue weighted by Gasteiger charge is -2.42. The second-order valence-corrected chi connectivity index (χ2v) is 12.6. The lowest BCUT2D eigenvalue weighted by Crippen LogP contribution is -2.71. The van der Waals surface area contributed by atoms with Crippen molar-refractivity contribution in [2.24, 2.45) is 5.16 Å². The van der Waals surface area contributed by atoms with Crippen LogP contribution in [0.4, 0.5) is 18.3 Å². The number of nitrogens with one attached hydrogen (secondary N) is 4. The number of amidine groups is 1. The summed E-state index contributed by atoms with van der Waals surface area (Å²) in [6, 6.07) is 3.12. The molecule has 2 aliphatic heterocycles. The highest BCUT2D eigenvalue weighted by Gasteiger charge is 2.52. The van der Waals surface area contributed by atoms with Gasteiger partial charge in [0.05, 0.1) is 6.04 Å². The number of β-lactam (4-membered cyclic amide) rings is 1. The number of oxime groups is 1. The molecule has 22 heteroatoms. The number of thiazole rings is 1. The Kier molecular flexibility index (Phi) is 10.6. The van der Waals surface area contributed by atoms with Gasteiger partial charge in [0.15, 0.2) is 10.8 Å². The van der Waals surface area contributed by atoms with Crippen LogP contribution in [0.5, 0.6) is 5.75 Å². The van der Waals surface area contributed by atoms with Crippen LogP contribution in [0.2, 0.25) is 0 Å². The van der Waals surface area contributed by atoms with Crippen molar-refractivity contribution in [1.82, 2.24) is 25.2 Å². The largest absolute Gasteiger partial charge is 0.489 e. The second kappa shape index (κ2) is 14.1. The molecule has 0 spiro atoms. The molecule has 256 valence electrons. The minimum absolute atomic E-state index is 0.0330. The molecule has 4 atom stereocenters. The number of nitrogens with zero attached hydrogens (tertiary/aromatic N) is 3. The summed E-state index contributed by atoms with van der Waals surface area (Å²) in [4.78, 5) is 44.2. The van der Waals surface area contributed by atoms with Gasteiger partial charge in [0.2, 0.25) is 0 Å². The Morgan fingerprint density at radius 1 is 1.30 bits per heavy atom. The highest BCUT2D eigenvalue weighted by atomic mass is 32.2. The van der Waals surface area contributed by atoms with E-state index in [1.165, 1.54) is 12.1 Å². The lowest BCUT2D eigenvalue weighted by molar-refractivity contribution is -0.152. The quantitative estimate of drug-likeness (QED) is 0.0512. The fraction of sp³-hybridized carbons (Fsp3) is 0.440. The summed E-state index contributed by atoms with van der Waals surface area (Å²) in [5, 5.41) is 28.9. The molecule has 8 N–H and O–H groups in total. The summed E-state index contributed by atoms with van der Waals surface area (Å²) in [6.45, 7) is 1.99. The molecule has 2 fully saturated rings. The van der Waals surface area contributed by atoms with Gasteiger partial charge in [0.1, 0.15) is 34.8 Å². The summed E-state index contributed by atoms with van der Waals surface area (Å²) >= 11 is -0.0547. The molecule has 1 aromatic heterocycles. The monoisotopic (exact) mass is 706 g/mol. The van der Waals surface area contributed by atoms with Gasteiger partial charge in [-0.3, -0.25) is 19.6 Å². The highest BCUT2D eigenvalue weighted by molar-refractivity contribution is 7.84. The molecule has 0 radical (unpaired) electrons. The molecule has 0 aliphatic carbocycles. The van der Waals surface area contributed by atoms with E-state index in [9.17, 15) is 41.1 Å². The zero-order chi connectivity index (χ0) is 34.7. The van der Waals surface area contributed by atoms with Crippen LogP contribution >= 0.6 is 11.3 Å². The van der Waals surface area contributed by atoms with Crippen molar-refractivity contribution in [2.45, 2.75) is 50.2 Å². The minimum Gasteiger partial charge on any atom is -0.489 e. The van der Waals surface area contributed by atoms with Crippen LogP contribution in [0, 0.1) is 5.41 Å². The van der Waals surface area contributed by atoms with Gasteiger partial charge in [-0.25, -0.2) is 14.1 Å². The van der Waals surface area contributed by atoms with E-state index in [1.807, 2.05) is 5.32 Å². The number of nitrogens with two attached hydrogens (primary N) is 1. The number of benzene rings is 1. The first-order valence-electron chi connectivity index (χ1n) is 13.7. The van der Waals surface area contributed by atoms with Gasteiger partial charge >= 0.3 is 22.4 Å². The number of carboxylic acid groups (broad SMARTS) is 1. The van der Waals surface area contributed by atoms with Gasteiger partial charge in [-0.1, -0.05) is 16.5 Å². The van der Waals surface area contributed by atoms with Crippen LogP contribution in [0.25, 0.3) is 0 Å². The predicted octanol–water partition coefficient (Wildman–Crippen LogP) is 0.182. The summed E-state index contributed by atoms with van der Waals surface area (Å²) in [7, 11) is -5.00. The van der Waals surface area contributed by atoms with Crippen molar-refractivity contribution in [1.29, 1.82) is 5.41 Å². The molecule has 0 unspecified atom stereocenters. The molecular weight excluding hydrogens is 677 g/mol. The first-order valence-corrected chi connectivity index (χ1v) is 15.9. The van der Waals surface area contributed by atoms with Crippen LogP contribution in [-0.4, -0.2) is 101 Å². The van der Waals surface area contributed by atoms with Crippen molar-refractivity contribution in [3.63, 3.8) is 0 Å². The normalized spacial score (nSPS) is 21.0. The third-order valence-corrected chi connectivity index (χ3v) is 8.89. The molecule has 4 rings (SSSR count). The van der Waals surface area contributed by atoms with Crippen molar-refractivity contribution >= 4 is 56.1 Å². The number of amides is 2. The van der Waals surface area contributed by atoms with Gasteiger partial charge in [0, 0.05) is 18.2 Å². The number of hydrogen-bond acceptors (Lipinski definition) is 13. The number of hydrogen-bond donors (Lipinski definition) is 7. The topological polar surface area (TPSA) is 259 Å². The predicted molar refractivity (Wildman–Crippen MR) is 158 cm³/mol. The standard InChI is InChI=1S/C25H29F3N8O9S2/c1-11-16(22(38)36(11)47(41,42)43)33-21(37)18(17-19(25(26,27)28)46-24(30)34-17)35-45-15(23(39)40)10-44-14-6-4-12(5-7-14)20(29)32-13-3-2-8-31-9-13/h4-7,11,13,15-16,31H,2-3,8-10H2,1H3,(H2,29,32)(H2,30,34)(H,33,37)(H,39,40)(H,41,42,43)/b35-18-/t11-,13+,15-,16-/m0/s1. The number of nitrogen functional groups attached to an aromatic ring is 1. The van der Waals surface area contributed by atoms with E-state index in [1.54, 1.807) is 12.1 Å². The zero-order valence-electron chi connectivity index (χ0n) is 24.3. The molecule has 2 amide bonds. The average Bonchev–Trinajstić information content (AvgIpc) is 3.39. The van der Waals surface area contributed by atoms with Crippen molar-refractivity contribution in [3.8, 4) is 5.75 Å². The Hall–Kier alpha value is -4.54. The number of aliphatic carboxylic acids is 1. The Balaban J connectivity index is 1.50. The smallest absolute Gasteiger partial charge is 0.427 e. The van der Waals surface area contributed by atoms with Gasteiger partial charge < -0.3 is 36.4 Å². The fourth-order valence-corrected chi connectivity index (χ4v) is 6.19. The van der Waals surface area contributed by atoms with Gasteiger partial charge in [0.25, 0.3) is 17.9 Å². The SMILES string of the molecule is C[C@H]1[C@H](NC(=O)/C(=N\O[C@@H](COc2ccc(C(=N)N[C@@H]3CCCNC3)cc2)C(=O)O)c2nc(N)sc2C(F)(F)F)C(=O)N1S(=O)(=O)O. The van der Waals surface area contributed by atoms with Gasteiger partial charge in [-0.05, 0) is 50.6 Å². The summed E-state index contributed by atoms with van der Waals surface area (Å²) in [6.07, 6.45) is -5.22. The van der Waals surface area contributed by atoms with Crippen LogP contribution in [-0.2, 0) is 35.7 Å². The molecule has 2 aliphatic rings. The number of alkyl halides is 3. The maximum atomic E-state index is 13.8. The molecular formula is C25H29F3N8O9S2. The van der Waals surface area contributed by atoms with E-state index in [0.717, 1.165) is 26.3 Å². The van der Waals surface area contributed by atoms with Crippen LogP contribution in [0.1, 0.15) is 35.9 Å².